The van der Waals surface area contributed by atoms with E-state index >= 15 is 0 Å². The number of nitrogen functional groups attached to an aromatic ring is 1. The first-order chi connectivity index (χ1) is 9.67. The number of amides is 1. The van der Waals surface area contributed by atoms with Gasteiger partial charge in [-0.3, -0.25) is 0 Å². The van der Waals surface area contributed by atoms with Gasteiger partial charge in [0, 0.05) is 24.8 Å². The number of methoxy groups -OCH3 is 1. The van der Waals surface area contributed by atoms with Crippen LogP contribution < -0.4 is 11.1 Å². The summed E-state index contributed by atoms with van der Waals surface area (Å²) in [6.45, 7) is 3.01. The van der Waals surface area contributed by atoms with Gasteiger partial charge in [-0.05, 0) is 43.5 Å². The number of alkyl carbamates (subject to hydrolysis) is 1. The molecule has 1 heterocycles. The molecular weight excluding hydrogens is 254 g/mol. The molecule has 0 aliphatic carbocycles. The summed E-state index contributed by atoms with van der Waals surface area (Å²) in [6, 6.07) is 8.28. The normalized spacial score (nSPS) is 18.9. The minimum absolute atomic E-state index is 0.221. The van der Waals surface area contributed by atoms with E-state index in [0.717, 1.165) is 44.6 Å². The predicted octanol–water partition coefficient (Wildman–Crippen LogP) is 1.63. The summed E-state index contributed by atoms with van der Waals surface area (Å²) in [6.07, 6.45) is 2.84. The van der Waals surface area contributed by atoms with Crippen molar-refractivity contribution in [1.29, 1.82) is 0 Å². The number of nitrogens with one attached hydrogen (secondary N) is 1. The van der Waals surface area contributed by atoms with E-state index in [9.17, 15) is 4.79 Å². The SMILES string of the molecule is COC(=O)NC1CCN(CCCc2ccc(N)cc2)C1. The summed E-state index contributed by atoms with van der Waals surface area (Å²) in [5, 5.41) is 2.86. The molecule has 5 heteroatoms. The second kappa shape index (κ2) is 7.14. The molecule has 1 aromatic rings. The molecule has 0 radical (unpaired) electrons. The molecule has 1 fully saturated rings. The number of anilines is 1. The third-order valence-electron chi connectivity index (χ3n) is 3.70. The van der Waals surface area contributed by atoms with Crippen LogP contribution in [0.3, 0.4) is 0 Å². The maximum atomic E-state index is 11.1. The first-order valence-corrected chi connectivity index (χ1v) is 7.08. The van der Waals surface area contributed by atoms with Crippen molar-refractivity contribution < 1.29 is 9.53 Å². The summed E-state index contributed by atoms with van der Waals surface area (Å²) in [5.41, 5.74) is 7.80. The zero-order chi connectivity index (χ0) is 14.4. The summed E-state index contributed by atoms with van der Waals surface area (Å²) in [4.78, 5) is 13.5. The number of carbonyl (C=O) groups is 1. The number of nitrogens with zero attached hydrogens (tertiary/aromatic N) is 1. The highest BCUT2D eigenvalue weighted by molar-refractivity contribution is 5.67. The van der Waals surface area contributed by atoms with Gasteiger partial charge in [0.25, 0.3) is 0 Å². The fourth-order valence-corrected chi connectivity index (χ4v) is 2.57. The van der Waals surface area contributed by atoms with Gasteiger partial charge in [0.2, 0.25) is 0 Å². The lowest BCUT2D eigenvalue weighted by Gasteiger charge is -2.16. The number of benzene rings is 1. The first kappa shape index (κ1) is 14.7. The third-order valence-corrected chi connectivity index (χ3v) is 3.70. The largest absolute Gasteiger partial charge is 0.453 e. The van der Waals surface area contributed by atoms with Crippen molar-refractivity contribution in [1.82, 2.24) is 10.2 Å². The maximum Gasteiger partial charge on any atom is 0.407 e. The number of rotatable bonds is 5. The van der Waals surface area contributed by atoms with Crippen LogP contribution in [0.2, 0.25) is 0 Å². The van der Waals surface area contributed by atoms with Gasteiger partial charge >= 0.3 is 6.09 Å². The number of hydrogen-bond donors (Lipinski definition) is 2. The highest BCUT2D eigenvalue weighted by Crippen LogP contribution is 2.12. The Morgan fingerprint density at radius 3 is 2.90 bits per heavy atom. The monoisotopic (exact) mass is 277 g/mol. The Kier molecular flexibility index (Phi) is 5.24. The van der Waals surface area contributed by atoms with Crippen LogP contribution in [-0.4, -0.2) is 43.8 Å². The van der Waals surface area contributed by atoms with Crippen LogP contribution in [0.25, 0.3) is 0 Å². The molecule has 0 aromatic heterocycles. The van der Waals surface area contributed by atoms with E-state index in [0.29, 0.717) is 0 Å². The summed E-state index contributed by atoms with van der Waals surface area (Å²) in [7, 11) is 1.40. The van der Waals surface area contributed by atoms with Gasteiger partial charge in [-0.1, -0.05) is 12.1 Å². The molecule has 1 aromatic carbocycles. The molecule has 1 saturated heterocycles. The summed E-state index contributed by atoms with van der Waals surface area (Å²) < 4.78 is 4.62. The molecule has 0 bridgehead atoms. The van der Waals surface area contributed by atoms with Crippen molar-refractivity contribution in [3.8, 4) is 0 Å². The number of ether oxygens (including phenoxy) is 1. The molecule has 1 aliphatic rings. The number of likely N-dealkylation sites (tertiary alicyclic amines) is 1. The number of carbonyl (C=O) groups excluding carboxylic acids is 1. The van der Waals surface area contributed by atoms with Gasteiger partial charge in [0.05, 0.1) is 7.11 Å². The molecule has 110 valence electrons. The average molecular weight is 277 g/mol. The quantitative estimate of drug-likeness (QED) is 0.803. The maximum absolute atomic E-state index is 11.1. The fourth-order valence-electron chi connectivity index (χ4n) is 2.57. The van der Waals surface area contributed by atoms with E-state index in [1.807, 2.05) is 12.1 Å². The standard InChI is InChI=1S/C15H23N3O2/c1-20-15(19)17-14-8-10-18(11-14)9-2-3-12-4-6-13(16)7-5-12/h4-7,14H,2-3,8-11,16H2,1H3,(H,17,19). The lowest BCUT2D eigenvalue weighted by atomic mass is 10.1. The Labute approximate surface area is 120 Å². The van der Waals surface area contributed by atoms with E-state index in [1.165, 1.54) is 12.7 Å². The Balaban J connectivity index is 1.65. The molecular formula is C15H23N3O2. The van der Waals surface area contributed by atoms with Crippen LogP contribution in [0.15, 0.2) is 24.3 Å². The molecule has 1 amide bonds. The molecule has 1 unspecified atom stereocenters. The highest BCUT2D eigenvalue weighted by atomic mass is 16.5. The second-order valence-corrected chi connectivity index (χ2v) is 5.27. The van der Waals surface area contributed by atoms with E-state index in [2.05, 4.69) is 27.1 Å². The zero-order valence-electron chi connectivity index (χ0n) is 12.0. The van der Waals surface area contributed by atoms with Crippen molar-refractivity contribution >= 4 is 11.8 Å². The van der Waals surface area contributed by atoms with Gasteiger partial charge in [-0.25, -0.2) is 4.79 Å². The smallest absolute Gasteiger partial charge is 0.407 e. The number of aryl methyl sites for hydroxylation is 1. The minimum Gasteiger partial charge on any atom is -0.453 e. The van der Waals surface area contributed by atoms with Crippen molar-refractivity contribution in [2.45, 2.75) is 25.3 Å². The highest BCUT2D eigenvalue weighted by Gasteiger charge is 2.23. The third kappa shape index (κ3) is 4.42. The van der Waals surface area contributed by atoms with Gasteiger partial charge in [0.15, 0.2) is 0 Å². The number of hydrogen-bond acceptors (Lipinski definition) is 4. The summed E-state index contributed by atoms with van der Waals surface area (Å²) >= 11 is 0. The molecule has 0 spiro atoms. The predicted molar refractivity (Wildman–Crippen MR) is 79.6 cm³/mol. The molecule has 0 saturated carbocycles. The topological polar surface area (TPSA) is 67.6 Å². The fraction of sp³-hybridized carbons (Fsp3) is 0.533. The number of nitrogens with two attached hydrogens (primary N) is 1. The Morgan fingerprint density at radius 2 is 2.20 bits per heavy atom. The van der Waals surface area contributed by atoms with Crippen molar-refractivity contribution in [2.75, 3.05) is 32.5 Å². The van der Waals surface area contributed by atoms with Crippen LogP contribution in [0.5, 0.6) is 0 Å². The van der Waals surface area contributed by atoms with E-state index < -0.39 is 0 Å². The van der Waals surface area contributed by atoms with E-state index in [4.69, 9.17) is 5.73 Å². The molecule has 20 heavy (non-hydrogen) atoms. The van der Waals surface area contributed by atoms with Gasteiger partial charge in [0.1, 0.15) is 0 Å². The van der Waals surface area contributed by atoms with Crippen molar-refractivity contribution in [3.63, 3.8) is 0 Å². The first-order valence-electron chi connectivity index (χ1n) is 7.08. The zero-order valence-corrected chi connectivity index (χ0v) is 12.0. The van der Waals surface area contributed by atoms with Crippen molar-refractivity contribution in [3.05, 3.63) is 29.8 Å². The van der Waals surface area contributed by atoms with E-state index in [1.54, 1.807) is 0 Å². The van der Waals surface area contributed by atoms with Gasteiger partial charge < -0.3 is 20.7 Å². The van der Waals surface area contributed by atoms with Gasteiger partial charge in [-0.15, -0.1) is 0 Å². The Hall–Kier alpha value is -1.75. The second-order valence-electron chi connectivity index (χ2n) is 5.27. The van der Waals surface area contributed by atoms with Crippen LogP contribution in [0.1, 0.15) is 18.4 Å². The molecule has 3 N–H and O–H groups in total. The summed E-state index contributed by atoms with van der Waals surface area (Å²) in [5.74, 6) is 0. The van der Waals surface area contributed by atoms with Crippen LogP contribution in [0, 0.1) is 0 Å². The average Bonchev–Trinajstić information content (AvgIpc) is 2.88. The van der Waals surface area contributed by atoms with Crippen LogP contribution >= 0.6 is 0 Å². The lowest BCUT2D eigenvalue weighted by molar-refractivity contribution is 0.166. The van der Waals surface area contributed by atoms with E-state index in [-0.39, 0.29) is 12.1 Å². The van der Waals surface area contributed by atoms with Crippen LogP contribution in [0.4, 0.5) is 10.5 Å². The Bertz CT molecular complexity index is 433. The molecule has 5 nitrogen and oxygen atoms in total. The molecule has 2 rings (SSSR count). The molecule has 1 atom stereocenters. The van der Waals surface area contributed by atoms with Crippen LogP contribution in [-0.2, 0) is 11.2 Å². The van der Waals surface area contributed by atoms with Gasteiger partial charge in [-0.2, -0.15) is 0 Å². The Morgan fingerprint density at radius 1 is 1.45 bits per heavy atom. The minimum atomic E-state index is -0.335. The lowest BCUT2D eigenvalue weighted by Crippen LogP contribution is -2.37. The van der Waals surface area contributed by atoms with Crippen molar-refractivity contribution in [2.24, 2.45) is 0 Å². The molecule has 1 aliphatic heterocycles.